The van der Waals surface area contributed by atoms with Gasteiger partial charge in [-0.2, -0.15) is 4.98 Å². The summed E-state index contributed by atoms with van der Waals surface area (Å²) in [4.78, 5) is 35.1. The predicted molar refractivity (Wildman–Crippen MR) is 101 cm³/mol. The van der Waals surface area contributed by atoms with Crippen molar-refractivity contribution in [3.63, 3.8) is 0 Å². The second kappa shape index (κ2) is 8.50. The zero-order valence-electron chi connectivity index (χ0n) is 15.8. The van der Waals surface area contributed by atoms with Gasteiger partial charge in [0.15, 0.2) is 0 Å². The normalized spacial score (nSPS) is 19.9. The monoisotopic (exact) mass is 383 g/mol. The van der Waals surface area contributed by atoms with Crippen molar-refractivity contribution in [1.82, 2.24) is 25.3 Å². The molecule has 2 aromatic rings. The van der Waals surface area contributed by atoms with Crippen molar-refractivity contribution in [1.29, 1.82) is 0 Å². The quantitative estimate of drug-likeness (QED) is 0.823. The first-order valence-corrected chi connectivity index (χ1v) is 10.0. The lowest BCUT2D eigenvalue weighted by atomic mass is 10.2. The van der Waals surface area contributed by atoms with Crippen LogP contribution in [0, 0.1) is 0 Å². The molecule has 28 heavy (non-hydrogen) atoms. The number of aromatic nitrogens is 3. The Bertz CT molecular complexity index is 816. The van der Waals surface area contributed by atoms with Gasteiger partial charge in [-0.15, -0.1) is 0 Å². The first-order valence-electron chi connectivity index (χ1n) is 10.0. The molecule has 2 amide bonds. The minimum atomic E-state index is -0.219. The molecule has 8 heteroatoms. The maximum Gasteiger partial charge on any atom is 0.249 e. The van der Waals surface area contributed by atoms with Gasteiger partial charge in [-0.25, -0.2) is 0 Å². The topological polar surface area (TPSA) is 101 Å². The number of likely N-dealkylation sites (tertiary alicyclic amines) is 1. The smallest absolute Gasteiger partial charge is 0.249 e. The molecule has 1 saturated carbocycles. The van der Waals surface area contributed by atoms with E-state index in [0.29, 0.717) is 18.3 Å². The van der Waals surface area contributed by atoms with Crippen LogP contribution in [0.1, 0.15) is 63.3 Å². The van der Waals surface area contributed by atoms with Crippen LogP contribution in [-0.4, -0.2) is 44.4 Å². The number of hydrogen-bond donors (Lipinski definition) is 1. The molecule has 0 unspecified atom stereocenters. The summed E-state index contributed by atoms with van der Waals surface area (Å²) in [6.07, 6.45) is 9.90. The lowest BCUT2D eigenvalue weighted by Gasteiger charge is -2.22. The largest absolute Gasteiger partial charge is 0.353 e. The van der Waals surface area contributed by atoms with Crippen LogP contribution >= 0.6 is 0 Å². The van der Waals surface area contributed by atoms with Gasteiger partial charge < -0.3 is 14.7 Å². The van der Waals surface area contributed by atoms with Crippen molar-refractivity contribution in [3.05, 3.63) is 30.4 Å². The van der Waals surface area contributed by atoms with Gasteiger partial charge in [0.2, 0.25) is 23.5 Å². The average Bonchev–Trinajstić information content (AvgIpc) is 3.47. The van der Waals surface area contributed by atoms with Gasteiger partial charge in [0.25, 0.3) is 0 Å². The summed E-state index contributed by atoms with van der Waals surface area (Å²) >= 11 is 0. The number of nitrogens with zero attached hydrogens (tertiary/aromatic N) is 4. The van der Waals surface area contributed by atoms with E-state index in [1.54, 1.807) is 17.3 Å². The van der Waals surface area contributed by atoms with Gasteiger partial charge in [-0.3, -0.25) is 14.6 Å². The Hall–Kier alpha value is -2.77. The number of amides is 2. The molecule has 0 spiro atoms. The Morgan fingerprint density at radius 3 is 2.82 bits per heavy atom. The molecule has 3 heterocycles. The van der Waals surface area contributed by atoms with Crippen LogP contribution in [0.5, 0.6) is 0 Å². The molecule has 1 aliphatic carbocycles. The van der Waals surface area contributed by atoms with E-state index in [0.717, 1.165) is 31.2 Å². The van der Waals surface area contributed by atoms with Crippen molar-refractivity contribution in [3.8, 4) is 11.4 Å². The zero-order valence-corrected chi connectivity index (χ0v) is 15.8. The fraction of sp³-hybridized carbons (Fsp3) is 0.550. The van der Waals surface area contributed by atoms with Crippen molar-refractivity contribution in [2.45, 2.75) is 63.5 Å². The van der Waals surface area contributed by atoms with Crippen molar-refractivity contribution in [2.75, 3.05) is 6.54 Å². The van der Waals surface area contributed by atoms with Crippen LogP contribution in [0.2, 0.25) is 0 Å². The van der Waals surface area contributed by atoms with Gasteiger partial charge in [0, 0.05) is 43.4 Å². The number of rotatable bonds is 6. The second-order valence-corrected chi connectivity index (χ2v) is 7.49. The molecule has 0 radical (unpaired) electrons. The Balaban J connectivity index is 1.34. The van der Waals surface area contributed by atoms with Crippen LogP contribution < -0.4 is 5.32 Å². The summed E-state index contributed by atoms with van der Waals surface area (Å²) in [5.41, 5.74) is 0.775. The van der Waals surface area contributed by atoms with Gasteiger partial charge in [-0.1, -0.05) is 18.0 Å². The summed E-state index contributed by atoms with van der Waals surface area (Å²) in [5, 5.41) is 7.06. The van der Waals surface area contributed by atoms with E-state index in [1.165, 1.54) is 12.8 Å². The number of carbonyl (C=O) groups excluding carboxylic acids is 2. The molecule has 4 rings (SSSR count). The molecule has 1 saturated heterocycles. The van der Waals surface area contributed by atoms with Crippen molar-refractivity contribution < 1.29 is 14.1 Å². The summed E-state index contributed by atoms with van der Waals surface area (Å²) in [6, 6.07) is 3.74. The van der Waals surface area contributed by atoms with Crippen LogP contribution in [0.15, 0.2) is 29.0 Å². The molecule has 2 aromatic heterocycles. The predicted octanol–water partition coefficient (Wildman–Crippen LogP) is 2.63. The van der Waals surface area contributed by atoms with Crippen LogP contribution in [-0.2, 0) is 9.59 Å². The van der Waals surface area contributed by atoms with Crippen molar-refractivity contribution in [2.24, 2.45) is 0 Å². The van der Waals surface area contributed by atoms with Crippen LogP contribution in [0.25, 0.3) is 11.4 Å². The molecular weight excluding hydrogens is 358 g/mol. The van der Waals surface area contributed by atoms with Gasteiger partial charge >= 0.3 is 0 Å². The molecule has 2 fully saturated rings. The van der Waals surface area contributed by atoms with Crippen molar-refractivity contribution >= 4 is 11.8 Å². The van der Waals surface area contributed by atoms with Gasteiger partial charge in [-0.05, 0) is 37.8 Å². The first-order chi connectivity index (χ1) is 13.7. The Kier molecular flexibility index (Phi) is 5.64. The minimum absolute atomic E-state index is 0.0346. The zero-order chi connectivity index (χ0) is 19.3. The van der Waals surface area contributed by atoms with E-state index in [4.69, 9.17) is 4.52 Å². The van der Waals surface area contributed by atoms with Crippen LogP contribution in [0.4, 0.5) is 0 Å². The fourth-order valence-electron chi connectivity index (χ4n) is 4.04. The lowest BCUT2D eigenvalue weighted by molar-refractivity contribution is -0.134. The molecule has 1 N–H and O–H groups in total. The third kappa shape index (κ3) is 4.21. The summed E-state index contributed by atoms with van der Waals surface area (Å²) in [7, 11) is 0. The molecule has 1 atom stereocenters. The van der Waals surface area contributed by atoms with E-state index < -0.39 is 0 Å². The number of pyridine rings is 1. The SMILES string of the molecule is O=C(CCC(=O)N1CCC[C@@H]1c1nc(-c2cccnc2)no1)NC1CCCC1. The van der Waals surface area contributed by atoms with E-state index in [1.807, 2.05) is 12.1 Å². The molecule has 1 aliphatic heterocycles. The van der Waals surface area contributed by atoms with E-state index >= 15 is 0 Å². The Morgan fingerprint density at radius 1 is 1.18 bits per heavy atom. The lowest BCUT2D eigenvalue weighted by Crippen LogP contribution is -2.35. The first kappa shape index (κ1) is 18.6. The highest BCUT2D eigenvalue weighted by atomic mass is 16.5. The van der Waals surface area contributed by atoms with Gasteiger partial charge in [0.1, 0.15) is 6.04 Å². The second-order valence-electron chi connectivity index (χ2n) is 7.49. The molecule has 148 valence electrons. The number of carbonyl (C=O) groups is 2. The maximum atomic E-state index is 12.7. The van der Waals surface area contributed by atoms with E-state index in [2.05, 4.69) is 20.4 Å². The minimum Gasteiger partial charge on any atom is -0.353 e. The van der Waals surface area contributed by atoms with E-state index in [9.17, 15) is 9.59 Å². The third-order valence-electron chi connectivity index (χ3n) is 5.51. The molecule has 8 nitrogen and oxygen atoms in total. The third-order valence-corrected chi connectivity index (χ3v) is 5.51. The summed E-state index contributed by atoms with van der Waals surface area (Å²) < 4.78 is 5.44. The average molecular weight is 383 g/mol. The highest BCUT2D eigenvalue weighted by Gasteiger charge is 2.34. The molecular formula is C20H25N5O3. The Morgan fingerprint density at radius 2 is 2.04 bits per heavy atom. The molecule has 2 aliphatic rings. The summed E-state index contributed by atoms with van der Waals surface area (Å²) in [6.45, 7) is 0.651. The Labute approximate surface area is 163 Å². The standard InChI is InChI=1S/C20H25N5O3/c26-17(22-15-6-1-2-7-15)9-10-18(27)25-12-4-8-16(25)20-23-19(24-28-20)14-5-3-11-21-13-14/h3,5,11,13,15-16H,1-2,4,6-10,12H2,(H,22,26)/t16-/m1/s1. The number of hydrogen-bond acceptors (Lipinski definition) is 6. The fourth-order valence-corrected chi connectivity index (χ4v) is 4.04. The highest BCUT2D eigenvalue weighted by Crippen LogP contribution is 2.32. The highest BCUT2D eigenvalue weighted by molar-refractivity contribution is 5.84. The maximum absolute atomic E-state index is 12.7. The van der Waals surface area contributed by atoms with Crippen LogP contribution in [0.3, 0.4) is 0 Å². The van der Waals surface area contributed by atoms with E-state index in [-0.39, 0.29) is 36.7 Å². The number of nitrogens with one attached hydrogen (secondary N) is 1. The molecule has 0 aromatic carbocycles. The van der Waals surface area contributed by atoms with Gasteiger partial charge in [0.05, 0.1) is 0 Å². The molecule has 0 bridgehead atoms. The summed E-state index contributed by atoms with van der Waals surface area (Å²) in [5.74, 6) is 0.844.